The summed E-state index contributed by atoms with van der Waals surface area (Å²) in [4.78, 5) is 25.4. The number of carbonyl (C=O) groups excluding carboxylic acids is 2. The average Bonchev–Trinajstić information content (AvgIpc) is 3.14. The summed E-state index contributed by atoms with van der Waals surface area (Å²) in [7, 11) is 0. The molecule has 132 valence electrons. The molecule has 0 saturated carbocycles. The molecule has 0 aliphatic heterocycles. The number of carbonyl (C=O) groups is 2. The number of nitrogens with zero attached hydrogens (tertiary/aromatic N) is 3. The Morgan fingerprint density at radius 1 is 1.08 bits per heavy atom. The third-order valence-electron chi connectivity index (χ3n) is 3.82. The van der Waals surface area contributed by atoms with Crippen LogP contribution in [-0.4, -0.2) is 28.1 Å². The van der Waals surface area contributed by atoms with Crippen LogP contribution in [0.4, 0.5) is 10.1 Å². The molecular formula is C19H17FN4O2. The second kappa shape index (κ2) is 7.60. The van der Waals surface area contributed by atoms with Gasteiger partial charge in [0, 0.05) is 24.8 Å². The topological polar surface area (TPSA) is 81.2 Å². The zero-order chi connectivity index (χ0) is 18.5. The van der Waals surface area contributed by atoms with E-state index in [1.807, 2.05) is 30.3 Å². The number of amides is 2. The van der Waals surface area contributed by atoms with Crippen LogP contribution in [-0.2, 0) is 4.79 Å². The highest BCUT2D eigenvalue weighted by Gasteiger charge is 2.20. The second-order valence-corrected chi connectivity index (χ2v) is 5.66. The van der Waals surface area contributed by atoms with Gasteiger partial charge >= 0.3 is 0 Å². The normalized spacial score (nSPS) is 10.5. The maximum Gasteiger partial charge on any atom is 0.261 e. The van der Waals surface area contributed by atoms with Gasteiger partial charge in [0.05, 0.1) is 17.4 Å². The van der Waals surface area contributed by atoms with Crippen LogP contribution in [0.2, 0.25) is 0 Å². The Labute approximate surface area is 149 Å². The number of benzene rings is 2. The van der Waals surface area contributed by atoms with Gasteiger partial charge in [-0.1, -0.05) is 18.2 Å². The number of hydrogen-bond acceptors (Lipinski definition) is 3. The molecule has 2 aromatic carbocycles. The van der Waals surface area contributed by atoms with Gasteiger partial charge in [-0.2, -0.15) is 5.10 Å². The minimum atomic E-state index is -0.523. The van der Waals surface area contributed by atoms with Crippen LogP contribution in [0.25, 0.3) is 5.69 Å². The molecule has 0 atom stereocenters. The van der Waals surface area contributed by atoms with E-state index in [0.29, 0.717) is 11.3 Å². The number of hydrogen-bond donors (Lipinski definition) is 1. The number of para-hydroxylation sites is 1. The maximum atomic E-state index is 13.2. The molecule has 0 bridgehead atoms. The van der Waals surface area contributed by atoms with Gasteiger partial charge in [0.15, 0.2) is 0 Å². The monoisotopic (exact) mass is 352 g/mol. The fraction of sp³-hybridized carbons (Fsp3) is 0.105. The van der Waals surface area contributed by atoms with Crippen LogP contribution >= 0.6 is 0 Å². The van der Waals surface area contributed by atoms with Gasteiger partial charge in [-0.3, -0.25) is 9.59 Å². The number of aromatic nitrogens is 2. The second-order valence-electron chi connectivity index (χ2n) is 5.66. The standard InChI is InChI=1S/C19H17FN4O2/c20-15-6-8-16(9-7-15)23(11-10-18(21)25)19(26)14-12-22-24(13-14)17-4-2-1-3-5-17/h1-9,12-13H,10-11H2,(H2,21,25). The van der Waals surface area contributed by atoms with Crippen molar-refractivity contribution in [2.45, 2.75) is 6.42 Å². The number of anilines is 1. The van der Waals surface area contributed by atoms with E-state index in [0.717, 1.165) is 5.69 Å². The van der Waals surface area contributed by atoms with Crippen LogP contribution in [0.3, 0.4) is 0 Å². The summed E-state index contributed by atoms with van der Waals surface area (Å²) >= 11 is 0. The number of nitrogens with two attached hydrogens (primary N) is 1. The van der Waals surface area contributed by atoms with Crippen LogP contribution in [0.15, 0.2) is 67.0 Å². The van der Waals surface area contributed by atoms with Crippen molar-refractivity contribution >= 4 is 17.5 Å². The SMILES string of the molecule is NC(=O)CCN(C(=O)c1cnn(-c2ccccc2)c1)c1ccc(F)cc1. The number of rotatable bonds is 6. The van der Waals surface area contributed by atoms with Gasteiger partial charge in [-0.05, 0) is 36.4 Å². The minimum Gasteiger partial charge on any atom is -0.370 e. The first kappa shape index (κ1) is 17.3. The summed E-state index contributed by atoms with van der Waals surface area (Å²) in [6.07, 6.45) is 3.06. The van der Waals surface area contributed by atoms with Gasteiger partial charge in [0.2, 0.25) is 5.91 Å². The predicted octanol–water partition coefficient (Wildman–Crippen LogP) is 2.53. The van der Waals surface area contributed by atoms with E-state index in [1.165, 1.54) is 35.4 Å². The van der Waals surface area contributed by atoms with E-state index in [4.69, 9.17) is 5.73 Å². The minimum absolute atomic E-state index is 0.00403. The Hall–Kier alpha value is -3.48. The molecule has 0 unspecified atom stereocenters. The molecule has 3 aromatic rings. The van der Waals surface area contributed by atoms with Crippen molar-refractivity contribution < 1.29 is 14.0 Å². The lowest BCUT2D eigenvalue weighted by atomic mass is 10.2. The molecule has 2 amide bonds. The van der Waals surface area contributed by atoms with E-state index in [-0.39, 0.29) is 18.9 Å². The van der Waals surface area contributed by atoms with Gasteiger partial charge in [-0.15, -0.1) is 0 Å². The summed E-state index contributed by atoms with van der Waals surface area (Å²) in [5.74, 6) is -1.28. The largest absolute Gasteiger partial charge is 0.370 e. The van der Waals surface area contributed by atoms with Gasteiger partial charge in [-0.25, -0.2) is 9.07 Å². The van der Waals surface area contributed by atoms with Crippen molar-refractivity contribution in [1.82, 2.24) is 9.78 Å². The number of halogens is 1. The lowest BCUT2D eigenvalue weighted by Gasteiger charge is -2.21. The van der Waals surface area contributed by atoms with Crippen LogP contribution < -0.4 is 10.6 Å². The molecule has 0 aliphatic rings. The molecule has 7 heteroatoms. The van der Waals surface area contributed by atoms with Gasteiger partial charge in [0.25, 0.3) is 5.91 Å². The molecule has 0 radical (unpaired) electrons. The fourth-order valence-electron chi connectivity index (χ4n) is 2.50. The first-order valence-corrected chi connectivity index (χ1v) is 8.00. The Kier molecular flexibility index (Phi) is 5.07. The predicted molar refractivity (Wildman–Crippen MR) is 95.5 cm³/mol. The van der Waals surface area contributed by atoms with E-state index in [2.05, 4.69) is 5.10 Å². The number of primary amides is 1. The Balaban J connectivity index is 1.88. The summed E-state index contributed by atoms with van der Waals surface area (Å²) in [5, 5.41) is 4.21. The Morgan fingerprint density at radius 2 is 1.77 bits per heavy atom. The molecular weight excluding hydrogens is 335 g/mol. The van der Waals surface area contributed by atoms with Crippen molar-refractivity contribution in [3.63, 3.8) is 0 Å². The van der Waals surface area contributed by atoms with E-state index in [1.54, 1.807) is 10.9 Å². The summed E-state index contributed by atoms with van der Waals surface area (Å²) in [6.45, 7) is 0.0936. The van der Waals surface area contributed by atoms with E-state index in [9.17, 15) is 14.0 Å². The van der Waals surface area contributed by atoms with Gasteiger partial charge < -0.3 is 10.6 Å². The summed E-state index contributed by atoms with van der Waals surface area (Å²) < 4.78 is 14.8. The maximum absolute atomic E-state index is 13.2. The molecule has 1 aromatic heterocycles. The summed E-state index contributed by atoms with van der Waals surface area (Å²) in [5.41, 5.74) is 6.85. The Morgan fingerprint density at radius 3 is 2.42 bits per heavy atom. The molecule has 0 fully saturated rings. The van der Waals surface area contributed by atoms with Crippen molar-refractivity contribution in [2.75, 3.05) is 11.4 Å². The quantitative estimate of drug-likeness (QED) is 0.740. The molecule has 0 aliphatic carbocycles. The van der Waals surface area contributed by atoms with Crippen LogP contribution in [0.5, 0.6) is 0 Å². The highest BCUT2D eigenvalue weighted by molar-refractivity contribution is 6.06. The third-order valence-corrected chi connectivity index (χ3v) is 3.82. The van der Waals surface area contributed by atoms with Crippen molar-refractivity contribution in [2.24, 2.45) is 5.73 Å². The first-order chi connectivity index (χ1) is 12.5. The lowest BCUT2D eigenvalue weighted by molar-refractivity contribution is -0.117. The average molecular weight is 352 g/mol. The highest BCUT2D eigenvalue weighted by atomic mass is 19.1. The fourth-order valence-corrected chi connectivity index (χ4v) is 2.50. The molecule has 26 heavy (non-hydrogen) atoms. The van der Waals surface area contributed by atoms with Crippen LogP contribution in [0, 0.1) is 5.82 Å². The highest BCUT2D eigenvalue weighted by Crippen LogP contribution is 2.19. The lowest BCUT2D eigenvalue weighted by Crippen LogP contribution is -2.34. The molecule has 0 saturated heterocycles. The van der Waals surface area contributed by atoms with E-state index >= 15 is 0 Å². The Bertz CT molecular complexity index is 907. The van der Waals surface area contributed by atoms with Gasteiger partial charge in [0.1, 0.15) is 5.82 Å². The molecule has 3 rings (SSSR count). The van der Waals surface area contributed by atoms with E-state index < -0.39 is 11.7 Å². The van der Waals surface area contributed by atoms with Crippen molar-refractivity contribution in [3.8, 4) is 5.69 Å². The molecule has 6 nitrogen and oxygen atoms in total. The zero-order valence-corrected chi connectivity index (χ0v) is 13.9. The summed E-state index contributed by atoms with van der Waals surface area (Å²) in [6, 6.07) is 14.8. The van der Waals surface area contributed by atoms with Crippen LogP contribution in [0.1, 0.15) is 16.8 Å². The van der Waals surface area contributed by atoms with Crippen molar-refractivity contribution in [1.29, 1.82) is 0 Å². The molecule has 2 N–H and O–H groups in total. The van der Waals surface area contributed by atoms with Crippen molar-refractivity contribution in [3.05, 3.63) is 78.4 Å². The zero-order valence-electron chi connectivity index (χ0n) is 13.9. The third kappa shape index (κ3) is 3.94. The smallest absolute Gasteiger partial charge is 0.261 e. The molecule has 1 heterocycles. The molecule has 0 spiro atoms. The first-order valence-electron chi connectivity index (χ1n) is 8.00.